The third kappa shape index (κ3) is 1.98. The molecule has 0 radical (unpaired) electrons. The second kappa shape index (κ2) is 3.16. The first-order chi connectivity index (χ1) is 5.06. The zero-order chi connectivity index (χ0) is 8.48. The van der Waals surface area contributed by atoms with Crippen LogP contribution in [0.2, 0.25) is 0 Å². The molecule has 0 aromatic heterocycles. The lowest BCUT2D eigenvalue weighted by molar-refractivity contribution is 0.101. The van der Waals surface area contributed by atoms with Crippen LogP contribution in [0.25, 0.3) is 0 Å². The SMILES string of the molecule is CCC1CC(C)CCC1(C)C. The van der Waals surface area contributed by atoms with Crippen LogP contribution in [0.3, 0.4) is 0 Å². The van der Waals surface area contributed by atoms with Crippen LogP contribution < -0.4 is 0 Å². The summed E-state index contributed by atoms with van der Waals surface area (Å²) in [6, 6.07) is 0. The Morgan fingerprint density at radius 2 is 2.00 bits per heavy atom. The highest BCUT2D eigenvalue weighted by Gasteiger charge is 2.33. The highest BCUT2D eigenvalue weighted by Crippen LogP contribution is 2.44. The van der Waals surface area contributed by atoms with E-state index in [4.69, 9.17) is 0 Å². The minimum atomic E-state index is 0.626. The third-order valence-electron chi connectivity index (χ3n) is 3.57. The van der Waals surface area contributed by atoms with E-state index in [1.54, 1.807) is 0 Å². The molecule has 2 atom stereocenters. The smallest absolute Gasteiger partial charge is 0.0326 e. The molecule has 1 fully saturated rings. The molecule has 0 aromatic carbocycles. The van der Waals surface area contributed by atoms with E-state index in [0.717, 1.165) is 11.8 Å². The Morgan fingerprint density at radius 3 is 2.45 bits per heavy atom. The normalized spacial score (nSPS) is 37.1. The predicted molar refractivity (Wildman–Crippen MR) is 50.6 cm³/mol. The Balaban J connectivity index is 2.56. The van der Waals surface area contributed by atoms with E-state index in [-0.39, 0.29) is 0 Å². The van der Waals surface area contributed by atoms with Gasteiger partial charge in [-0.2, -0.15) is 0 Å². The molecule has 66 valence electrons. The van der Waals surface area contributed by atoms with Gasteiger partial charge in [-0.3, -0.25) is 0 Å². The van der Waals surface area contributed by atoms with Gasteiger partial charge >= 0.3 is 0 Å². The molecule has 11 heavy (non-hydrogen) atoms. The van der Waals surface area contributed by atoms with E-state index in [0.29, 0.717) is 5.41 Å². The van der Waals surface area contributed by atoms with Crippen molar-refractivity contribution >= 4 is 0 Å². The lowest BCUT2D eigenvalue weighted by atomic mass is 9.65. The molecular weight excluding hydrogens is 132 g/mol. The van der Waals surface area contributed by atoms with E-state index in [1.165, 1.54) is 25.7 Å². The molecule has 1 aliphatic carbocycles. The third-order valence-corrected chi connectivity index (χ3v) is 3.57. The summed E-state index contributed by atoms with van der Waals surface area (Å²) in [6.45, 7) is 9.61. The number of hydrogen-bond donors (Lipinski definition) is 0. The maximum Gasteiger partial charge on any atom is -0.0326 e. The molecule has 2 unspecified atom stereocenters. The monoisotopic (exact) mass is 154 g/mol. The molecule has 0 heteroatoms. The van der Waals surface area contributed by atoms with Crippen LogP contribution >= 0.6 is 0 Å². The summed E-state index contributed by atoms with van der Waals surface area (Å²) in [5.74, 6) is 1.96. The van der Waals surface area contributed by atoms with E-state index < -0.39 is 0 Å². The van der Waals surface area contributed by atoms with Crippen LogP contribution in [-0.2, 0) is 0 Å². The van der Waals surface area contributed by atoms with Crippen molar-refractivity contribution in [3.63, 3.8) is 0 Å². The molecule has 0 heterocycles. The van der Waals surface area contributed by atoms with Crippen molar-refractivity contribution in [3.05, 3.63) is 0 Å². The Morgan fingerprint density at radius 1 is 1.36 bits per heavy atom. The average Bonchev–Trinajstić information content (AvgIpc) is 1.94. The van der Waals surface area contributed by atoms with Gasteiger partial charge in [0.15, 0.2) is 0 Å². The maximum atomic E-state index is 2.44. The number of rotatable bonds is 1. The van der Waals surface area contributed by atoms with Crippen molar-refractivity contribution in [2.24, 2.45) is 17.3 Å². The lowest BCUT2D eigenvalue weighted by Crippen LogP contribution is -2.30. The summed E-state index contributed by atoms with van der Waals surface area (Å²) in [5, 5.41) is 0. The van der Waals surface area contributed by atoms with E-state index in [1.807, 2.05) is 0 Å². The van der Waals surface area contributed by atoms with Crippen LogP contribution in [0, 0.1) is 17.3 Å². The van der Waals surface area contributed by atoms with Crippen LogP contribution in [0.15, 0.2) is 0 Å². The van der Waals surface area contributed by atoms with Crippen molar-refractivity contribution in [3.8, 4) is 0 Å². The van der Waals surface area contributed by atoms with Gasteiger partial charge in [-0.15, -0.1) is 0 Å². The van der Waals surface area contributed by atoms with Gasteiger partial charge < -0.3 is 0 Å². The van der Waals surface area contributed by atoms with Crippen molar-refractivity contribution < 1.29 is 0 Å². The van der Waals surface area contributed by atoms with Gasteiger partial charge in [0.1, 0.15) is 0 Å². The van der Waals surface area contributed by atoms with Gasteiger partial charge in [-0.25, -0.2) is 0 Å². The molecule has 0 aromatic rings. The Hall–Kier alpha value is 0. The van der Waals surface area contributed by atoms with Crippen molar-refractivity contribution in [2.75, 3.05) is 0 Å². The summed E-state index contributed by atoms with van der Waals surface area (Å²) in [4.78, 5) is 0. The Kier molecular flexibility index (Phi) is 2.61. The zero-order valence-electron chi connectivity index (χ0n) is 8.48. The van der Waals surface area contributed by atoms with Gasteiger partial charge in [-0.1, -0.05) is 40.5 Å². The zero-order valence-corrected chi connectivity index (χ0v) is 8.48. The predicted octanol–water partition coefficient (Wildman–Crippen LogP) is 3.86. The first-order valence-corrected chi connectivity index (χ1v) is 5.06. The summed E-state index contributed by atoms with van der Waals surface area (Å²) in [6.07, 6.45) is 5.72. The van der Waals surface area contributed by atoms with Gasteiger partial charge in [0.2, 0.25) is 0 Å². The molecular formula is C11H22. The minimum Gasteiger partial charge on any atom is -0.0651 e. The highest BCUT2D eigenvalue weighted by atomic mass is 14.4. The van der Waals surface area contributed by atoms with Gasteiger partial charge in [0.05, 0.1) is 0 Å². The Bertz CT molecular complexity index is 124. The number of hydrogen-bond acceptors (Lipinski definition) is 0. The summed E-state index contributed by atoms with van der Waals surface area (Å²) in [7, 11) is 0. The molecule has 1 saturated carbocycles. The summed E-state index contributed by atoms with van der Waals surface area (Å²) < 4.78 is 0. The van der Waals surface area contributed by atoms with E-state index in [9.17, 15) is 0 Å². The molecule has 0 nitrogen and oxygen atoms in total. The summed E-state index contributed by atoms with van der Waals surface area (Å²) >= 11 is 0. The molecule has 0 spiro atoms. The molecule has 1 rings (SSSR count). The molecule has 0 aliphatic heterocycles. The van der Waals surface area contributed by atoms with Crippen LogP contribution in [0.4, 0.5) is 0 Å². The van der Waals surface area contributed by atoms with Crippen molar-refractivity contribution in [2.45, 2.75) is 53.4 Å². The molecule has 0 bridgehead atoms. The van der Waals surface area contributed by atoms with Gasteiger partial charge in [0.25, 0.3) is 0 Å². The van der Waals surface area contributed by atoms with E-state index in [2.05, 4.69) is 27.7 Å². The molecule has 0 saturated heterocycles. The standard InChI is InChI=1S/C11H22/c1-5-10-8-9(2)6-7-11(10,3)4/h9-10H,5-8H2,1-4H3. The molecule has 1 aliphatic rings. The molecule has 0 N–H and O–H groups in total. The fourth-order valence-corrected chi connectivity index (χ4v) is 2.46. The summed E-state index contributed by atoms with van der Waals surface area (Å²) in [5.41, 5.74) is 0.626. The van der Waals surface area contributed by atoms with Crippen molar-refractivity contribution in [1.29, 1.82) is 0 Å². The van der Waals surface area contributed by atoms with Crippen molar-refractivity contribution in [1.82, 2.24) is 0 Å². The second-order valence-corrected chi connectivity index (χ2v) is 4.97. The maximum absolute atomic E-state index is 2.44. The van der Waals surface area contributed by atoms with Crippen LogP contribution in [0.5, 0.6) is 0 Å². The van der Waals surface area contributed by atoms with Gasteiger partial charge in [-0.05, 0) is 30.1 Å². The fraction of sp³-hybridized carbons (Fsp3) is 1.00. The minimum absolute atomic E-state index is 0.626. The molecule has 0 amide bonds. The quantitative estimate of drug-likeness (QED) is 0.538. The van der Waals surface area contributed by atoms with Crippen LogP contribution in [0.1, 0.15) is 53.4 Å². The first-order valence-electron chi connectivity index (χ1n) is 5.06. The topological polar surface area (TPSA) is 0 Å². The largest absolute Gasteiger partial charge is 0.0651 e. The highest BCUT2D eigenvalue weighted by molar-refractivity contribution is 4.84. The fourth-order valence-electron chi connectivity index (χ4n) is 2.46. The lowest BCUT2D eigenvalue weighted by Gasteiger charge is -2.41. The Labute approximate surface area is 71.4 Å². The second-order valence-electron chi connectivity index (χ2n) is 4.97. The first kappa shape index (κ1) is 9.09. The van der Waals surface area contributed by atoms with E-state index >= 15 is 0 Å². The van der Waals surface area contributed by atoms with Gasteiger partial charge in [0, 0.05) is 0 Å². The average molecular weight is 154 g/mol. The van der Waals surface area contributed by atoms with Crippen LogP contribution in [-0.4, -0.2) is 0 Å².